The highest BCUT2D eigenvalue weighted by molar-refractivity contribution is 7.93. The van der Waals surface area contributed by atoms with Gasteiger partial charge in [0, 0.05) is 19.2 Å². The molecule has 1 saturated heterocycles. The smallest absolute Gasteiger partial charge is 0.410 e. The zero-order chi connectivity index (χ0) is 32.6. The molecule has 3 heterocycles. The Balaban J connectivity index is 1.55. The number of aryl methyl sites for hydroxylation is 1. The van der Waals surface area contributed by atoms with Crippen LogP contribution in [0.2, 0.25) is 0 Å². The average Bonchev–Trinajstić information content (AvgIpc) is 3.26. The molecule has 0 spiro atoms. The van der Waals surface area contributed by atoms with Crippen molar-refractivity contribution in [3.63, 3.8) is 0 Å². The van der Waals surface area contributed by atoms with E-state index in [0.717, 1.165) is 28.4 Å². The van der Waals surface area contributed by atoms with Gasteiger partial charge in [0.2, 0.25) is 27.7 Å². The van der Waals surface area contributed by atoms with E-state index in [-0.39, 0.29) is 24.1 Å². The van der Waals surface area contributed by atoms with Crippen molar-refractivity contribution in [2.24, 2.45) is 0 Å². The first-order valence-corrected chi connectivity index (χ1v) is 15.8. The van der Waals surface area contributed by atoms with E-state index in [1.807, 2.05) is 4.72 Å². The van der Waals surface area contributed by atoms with Crippen molar-refractivity contribution in [1.82, 2.24) is 19.9 Å². The number of carbonyl (C=O) groups is 1. The van der Waals surface area contributed by atoms with Crippen LogP contribution < -0.4 is 14.8 Å². The van der Waals surface area contributed by atoms with Crippen LogP contribution in [0, 0.1) is 18.6 Å². The van der Waals surface area contributed by atoms with E-state index in [0.29, 0.717) is 9.88 Å². The maximum absolute atomic E-state index is 14.9. The molecule has 0 bridgehead atoms. The quantitative estimate of drug-likeness (QED) is 0.271. The summed E-state index contributed by atoms with van der Waals surface area (Å²) in [5.41, 5.74) is -1.20. The fraction of sp³-hybridized carbons (Fsp3) is 0.481. The summed E-state index contributed by atoms with van der Waals surface area (Å²) >= 11 is 1.12. The van der Waals surface area contributed by atoms with Crippen molar-refractivity contribution >= 4 is 39.1 Å². The van der Waals surface area contributed by atoms with Gasteiger partial charge in [-0.05, 0) is 59.7 Å². The largest absolute Gasteiger partial charge is 0.444 e. The summed E-state index contributed by atoms with van der Waals surface area (Å²) in [4.78, 5) is 26.5. The molecule has 2 aromatic heterocycles. The molecule has 1 atom stereocenters. The lowest BCUT2D eigenvalue weighted by atomic mass is 10.0. The third-order valence-corrected chi connectivity index (χ3v) is 8.83. The molecule has 1 aromatic carbocycles. The molecule has 0 unspecified atom stereocenters. The molecule has 17 heteroatoms. The maximum atomic E-state index is 14.9. The summed E-state index contributed by atoms with van der Waals surface area (Å²) in [5.74, 6) is -6.79. The normalized spacial score (nSPS) is 17.0. The molecule has 1 aliphatic heterocycles. The van der Waals surface area contributed by atoms with Gasteiger partial charge < -0.3 is 19.7 Å². The van der Waals surface area contributed by atoms with E-state index in [9.17, 15) is 30.8 Å². The fourth-order valence-electron chi connectivity index (χ4n) is 4.10. The second-order valence-electron chi connectivity index (χ2n) is 11.4. The zero-order valence-electron chi connectivity index (χ0n) is 24.7. The van der Waals surface area contributed by atoms with Crippen molar-refractivity contribution in [2.75, 3.05) is 23.1 Å². The van der Waals surface area contributed by atoms with E-state index in [4.69, 9.17) is 9.47 Å². The third kappa shape index (κ3) is 8.05. The molecule has 2 N–H and O–H groups in total. The molecule has 44 heavy (non-hydrogen) atoms. The number of halogens is 4. The van der Waals surface area contributed by atoms with Gasteiger partial charge in [0.15, 0.2) is 11.6 Å². The highest BCUT2D eigenvalue weighted by Gasteiger charge is 2.43. The number of anilines is 2. The first-order chi connectivity index (χ1) is 20.3. The molecular formula is C27H32F4N6O5S2. The number of ether oxygens (including phenoxy) is 2. The Labute approximate surface area is 256 Å². The van der Waals surface area contributed by atoms with E-state index in [2.05, 4.69) is 20.3 Å². The van der Waals surface area contributed by atoms with Gasteiger partial charge in [-0.15, -0.1) is 11.3 Å². The minimum absolute atomic E-state index is 0.0228. The van der Waals surface area contributed by atoms with E-state index >= 15 is 0 Å². The number of rotatable bonds is 8. The SMILES string of the molecule is Cc1nc(Oc2ccc(NS(=O)(=O)C(C)C)c(F)c2F)c(-c2ccnc(N[C@@H]3CN(C(=O)OC(C)(C)C)CC(F)(F)C3)n2)s1. The van der Waals surface area contributed by atoms with Gasteiger partial charge in [-0.1, -0.05) is 0 Å². The molecule has 1 aliphatic rings. The Morgan fingerprint density at radius 3 is 2.52 bits per heavy atom. The minimum atomic E-state index is -3.93. The summed E-state index contributed by atoms with van der Waals surface area (Å²) in [6.07, 6.45) is -0.0806. The number of nitrogens with zero attached hydrogens (tertiary/aromatic N) is 4. The van der Waals surface area contributed by atoms with Crippen LogP contribution in [0.25, 0.3) is 10.6 Å². The fourth-order valence-corrected chi connectivity index (χ4v) is 5.62. The van der Waals surface area contributed by atoms with Crippen LogP contribution in [-0.4, -0.2) is 70.3 Å². The van der Waals surface area contributed by atoms with Gasteiger partial charge in [-0.2, -0.15) is 4.39 Å². The van der Waals surface area contributed by atoms with Crippen LogP contribution >= 0.6 is 11.3 Å². The van der Waals surface area contributed by atoms with Crippen LogP contribution in [0.5, 0.6) is 11.6 Å². The molecule has 0 aliphatic carbocycles. The van der Waals surface area contributed by atoms with Crippen molar-refractivity contribution in [2.45, 2.75) is 70.8 Å². The first kappa shape index (κ1) is 33.2. The van der Waals surface area contributed by atoms with Gasteiger partial charge in [0.1, 0.15) is 10.5 Å². The van der Waals surface area contributed by atoms with Crippen molar-refractivity contribution in [3.8, 4) is 22.2 Å². The molecule has 0 radical (unpaired) electrons. The van der Waals surface area contributed by atoms with Gasteiger partial charge in [0.25, 0.3) is 5.92 Å². The molecule has 0 saturated carbocycles. The van der Waals surface area contributed by atoms with Gasteiger partial charge in [0.05, 0.1) is 34.2 Å². The van der Waals surface area contributed by atoms with Crippen molar-refractivity contribution in [1.29, 1.82) is 0 Å². The summed E-state index contributed by atoms with van der Waals surface area (Å²) in [5, 5.41) is 2.45. The predicted molar refractivity (Wildman–Crippen MR) is 157 cm³/mol. The van der Waals surface area contributed by atoms with Gasteiger partial charge in [-0.3, -0.25) is 4.72 Å². The number of sulfonamides is 1. The Bertz CT molecular complexity index is 1650. The van der Waals surface area contributed by atoms with E-state index < -0.39 is 75.0 Å². The number of nitrogens with one attached hydrogen (secondary N) is 2. The Morgan fingerprint density at radius 2 is 1.86 bits per heavy atom. The maximum Gasteiger partial charge on any atom is 0.410 e. The number of likely N-dealkylation sites (tertiary alicyclic amines) is 1. The third-order valence-electron chi connectivity index (χ3n) is 6.11. The number of carbonyl (C=O) groups excluding carboxylic acids is 1. The van der Waals surface area contributed by atoms with Gasteiger partial charge >= 0.3 is 6.09 Å². The van der Waals surface area contributed by atoms with Crippen LogP contribution in [-0.2, 0) is 14.8 Å². The summed E-state index contributed by atoms with van der Waals surface area (Å²) < 4.78 is 95.9. The highest BCUT2D eigenvalue weighted by atomic mass is 32.2. The van der Waals surface area contributed by atoms with Crippen LogP contribution in [0.4, 0.5) is 34.0 Å². The molecule has 3 aromatic rings. The van der Waals surface area contributed by atoms with E-state index in [1.54, 1.807) is 27.7 Å². The second-order valence-corrected chi connectivity index (χ2v) is 14.9. The highest BCUT2D eigenvalue weighted by Crippen LogP contribution is 2.39. The number of hydrogen-bond donors (Lipinski definition) is 2. The van der Waals surface area contributed by atoms with Crippen LogP contribution in [0.1, 0.15) is 46.0 Å². The lowest BCUT2D eigenvalue weighted by Crippen LogP contribution is -2.54. The standard InChI is InChI=1S/C27H32F4N6O5S2/c1-14(2)44(39,40)36-17-7-8-19(21(29)20(17)28)41-23-22(43-15(3)33-23)18-9-10-32-24(35-18)34-16-11-27(30,31)13-37(12-16)25(38)42-26(4,5)6/h7-10,14,16,36H,11-13H2,1-6H3,(H,32,34,35)/t16-/m0/s1. The minimum Gasteiger partial charge on any atom is -0.444 e. The van der Waals surface area contributed by atoms with Crippen molar-refractivity contribution in [3.05, 3.63) is 41.0 Å². The number of piperidine rings is 1. The summed E-state index contributed by atoms with van der Waals surface area (Å²) in [7, 11) is -3.93. The molecule has 11 nitrogen and oxygen atoms in total. The zero-order valence-corrected chi connectivity index (χ0v) is 26.4. The van der Waals surface area contributed by atoms with Crippen molar-refractivity contribution < 1.29 is 40.2 Å². The summed E-state index contributed by atoms with van der Waals surface area (Å²) in [6, 6.07) is 2.67. The first-order valence-electron chi connectivity index (χ1n) is 13.4. The topological polar surface area (TPSA) is 136 Å². The van der Waals surface area contributed by atoms with Crippen LogP contribution in [0.15, 0.2) is 24.4 Å². The number of alkyl halides is 2. The number of benzene rings is 1. The molecule has 4 rings (SSSR count). The number of thiazole rings is 1. The van der Waals surface area contributed by atoms with E-state index in [1.165, 1.54) is 26.1 Å². The lowest BCUT2D eigenvalue weighted by molar-refractivity contribution is -0.0723. The number of amides is 1. The monoisotopic (exact) mass is 660 g/mol. The Hall–Kier alpha value is -3.73. The Morgan fingerprint density at radius 1 is 1.16 bits per heavy atom. The number of hydrogen-bond acceptors (Lipinski definition) is 10. The molecule has 1 fully saturated rings. The van der Waals surface area contributed by atoms with Gasteiger partial charge in [-0.25, -0.2) is 41.3 Å². The molecular weight excluding hydrogens is 628 g/mol. The number of aromatic nitrogens is 3. The summed E-state index contributed by atoms with van der Waals surface area (Å²) in [6.45, 7) is 8.47. The molecule has 240 valence electrons. The van der Waals surface area contributed by atoms with Crippen LogP contribution in [0.3, 0.4) is 0 Å². The average molecular weight is 661 g/mol. The predicted octanol–water partition coefficient (Wildman–Crippen LogP) is 6.19. The molecule has 1 amide bonds. The Kier molecular flexibility index (Phi) is 9.30. The second kappa shape index (κ2) is 12.3. The lowest BCUT2D eigenvalue weighted by Gasteiger charge is -2.38.